The molecule has 1 fully saturated rings. The summed E-state index contributed by atoms with van der Waals surface area (Å²) in [6.07, 6.45) is 1.35. The number of hydrogen-bond donors (Lipinski definition) is 2. The Bertz CT molecular complexity index is 641. The van der Waals surface area contributed by atoms with E-state index in [1.807, 2.05) is 0 Å². The van der Waals surface area contributed by atoms with E-state index in [9.17, 15) is 18.0 Å². The van der Waals surface area contributed by atoms with E-state index in [2.05, 4.69) is 9.71 Å². The lowest BCUT2D eigenvalue weighted by atomic mass is 10.3. The number of hydrogen-bond acceptors (Lipinski definition) is 5. The van der Waals surface area contributed by atoms with Crippen LogP contribution >= 0.6 is 0 Å². The van der Waals surface area contributed by atoms with Crippen molar-refractivity contribution in [1.29, 1.82) is 0 Å². The number of likely N-dealkylation sites (tertiary alicyclic amines) is 1. The predicted octanol–water partition coefficient (Wildman–Crippen LogP) is -0.711. The lowest BCUT2D eigenvalue weighted by molar-refractivity contribution is -0.127. The molecule has 0 spiro atoms. The number of nitrogens with one attached hydrogen (secondary N) is 1. The number of rotatable bonds is 4. The number of aromatic carboxylic acids is 1. The van der Waals surface area contributed by atoms with E-state index in [-0.39, 0.29) is 16.5 Å². The van der Waals surface area contributed by atoms with Crippen LogP contribution in [0.4, 0.5) is 0 Å². The summed E-state index contributed by atoms with van der Waals surface area (Å²) in [5.74, 6) is -1.49. The summed E-state index contributed by atoms with van der Waals surface area (Å²) in [6, 6.07) is 1.44. The lowest BCUT2D eigenvalue weighted by Gasteiger charge is -2.12. The Labute approximate surface area is 115 Å². The molecule has 1 atom stereocenters. The molecule has 2 rings (SSSR count). The van der Waals surface area contributed by atoms with E-state index in [1.165, 1.54) is 4.90 Å². The van der Waals surface area contributed by atoms with Crippen LogP contribution in [-0.2, 0) is 14.8 Å². The molecular weight excluding hydrogens is 286 g/mol. The van der Waals surface area contributed by atoms with Crippen LogP contribution in [0, 0.1) is 0 Å². The molecule has 0 bridgehead atoms. The smallest absolute Gasteiger partial charge is 0.337 e. The van der Waals surface area contributed by atoms with Crippen LogP contribution in [0.5, 0.6) is 0 Å². The molecule has 8 nitrogen and oxygen atoms in total. The lowest BCUT2D eigenvalue weighted by Crippen LogP contribution is -2.40. The van der Waals surface area contributed by atoms with E-state index in [0.29, 0.717) is 13.0 Å². The van der Waals surface area contributed by atoms with E-state index in [1.54, 1.807) is 7.05 Å². The monoisotopic (exact) mass is 299 g/mol. The summed E-state index contributed by atoms with van der Waals surface area (Å²) in [5, 5.41) is 8.40. The second-order valence-corrected chi connectivity index (χ2v) is 6.07. The number of carbonyl (C=O) groups excluding carboxylic acids is 1. The molecule has 9 heteroatoms. The quantitative estimate of drug-likeness (QED) is 0.758. The Hall–Kier alpha value is -2.00. The number of nitrogens with zero attached hydrogens (tertiary/aromatic N) is 2. The summed E-state index contributed by atoms with van der Waals surface area (Å²) in [4.78, 5) is 27.4. The van der Waals surface area contributed by atoms with Gasteiger partial charge in [0.25, 0.3) is 10.0 Å². The molecule has 1 saturated heterocycles. The van der Waals surface area contributed by atoms with Crippen molar-refractivity contribution in [3.05, 3.63) is 23.9 Å². The summed E-state index contributed by atoms with van der Waals surface area (Å²) >= 11 is 0. The number of carboxylic acids is 1. The van der Waals surface area contributed by atoms with Crippen LogP contribution in [-0.4, -0.2) is 54.9 Å². The average molecular weight is 299 g/mol. The van der Waals surface area contributed by atoms with Gasteiger partial charge in [0.05, 0.1) is 5.56 Å². The summed E-state index contributed by atoms with van der Waals surface area (Å²) in [7, 11) is -2.35. The molecule has 1 unspecified atom stereocenters. The normalized spacial score (nSPS) is 19.4. The fraction of sp³-hybridized carbons (Fsp3) is 0.364. The molecule has 20 heavy (non-hydrogen) atoms. The highest BCUT2D eigenvalue weighted by molar-refractivity contribution is 7.89. The zero-order valence-electron chi connectivity index (χ0n) is 10.6. The maximum Gasteiger partial charge on any atom is 0.337 e. The van der Waals surface area contributed by atoms with Crippen LogP contribution < -0.4 is 4.72 Å². The van der Waals surface area contributed by atoms with Crippen LogP contribution in [0.3, 0.4) is 0 Å². The van der Waals surface area contributed by atoms with Gasteiger partial charge in [0.15, 0.2) is 5.03 Å². The first kappa shape index (κ1) is 14.4. The van der Waals surface area contributed by atoms with Gasteiger partial charge in [0.2, 0.25) is 5.91 Å². The SMILES string of the molecule is CN1CCC(NS(=O)(=O)c2ccc(C(=O)O)cn2)C1=O. The van der Waals surface area contributed by atoms with Gasteiger partial charge in [-0.3, -0.25) is 4.79 Å². The molecule has 108 valence electrons. The van der Waals surface area contributed by atoms with Crippen molar-refractivity contribution in [2.24, 2.45) is 0 Å². The molecule has 1 amide bonds. The van der Waals surface area contributed by atoms with Crippen LogP contribution in [0.15, 0.2) is 23.4 Å². The zero-order valence-corrected chi connectivity index (χ0v) is 11.4. The van der Waals surface area contributed by atoms with Crippen molar-refractivity contribution in [2.45, 2.75) is 17.5 Å². The first-order valence-corrected chi connectivity index (χ1v) is 7.26. The second-order valence-electron chi connectivity index (χ2n) is 4.41. The minimum absolute atomic E-state index is 0.111. The molecule has 1 aromatic heterocycles. The fourth-order valence-corrected chi connectivity index (χ4v) is 3.00. The van der Waals surface area contributed by atoms with Crippen molar-refractivity contribution in [3.8, 4) is 0 Å². The van der Waals surface area contributed by atoms with E-state index < -0.39 is 22.0 Å². The Morgan fingerprint density at radius 3 is 2.65 bits per heavy atom. The molecule has 0 radical (unpaired) electrons. The van der Waals surface area contributed by atoms with E-state index in [4.69, 9.17) is 5.11 Å². The third kappa shape index (κ3) is 2.78. The standard InChI is InChI=1S/C11H13N3O5S/c1-14-5-4-8(10(14)15)13-20(18,19)9-3-2-7(6-12-9)11(16)17/h2-3,6,8,13H,4-5H2,1H3,(H,16,17). The first-order valence-electron chi connectivity index (χ1n) is 5.78. The first-order chi connectivity index (χ1) is 9.31. The van der Waals surface area contributed by atoms with Crippen LogP contribution in [0.25, 0.3) is 0 Å². The van der Waals surface area contributed by atoms with Gasteiger partial charge in [-0.15, -0.1) is 0 Å². The number of sulfonamides is 1. The van der Waals surface area contributed by atoms with Gasteiger partial charge in [0.1, 0.15) is 6.04 Å². The van der Waals surface area contributed by atoms with Crippen LogP contribution in [0.2, 0.25) is 0 Å². The molecule has 2 N–H and O–H groups in total. The van der Waals surface area contributed by atoms with E-state index >= 15 is 0 Å². The third-order valence-electron chi connectivity index (χ3n) is 2.98. The van der Waals surface area contributed by atoms with Crippen molar-refractivity contribution in [2.75, 3.05) is 13.6 Å². The molecule has 1 aliphatic rings. The fourth-order valence-electron chi connectivity index (χ4n) is 1.85. The summed E-state index contributed by atoms with van der Waals surface area (Å²) in [6.45, 7) is 0.484. The van der Waals surface area contributed by atoms with Crippen molar-refractivity contribution in [3.63, 3.8) is 0 Å². The van der Waals surface area contributed by atoms with Gasteiger partial charge >= 0.3 is 5.97 Å². The summed E-state index contributed by atoms with van der Waals surface area (Å²) < 4.78 is 26.3. The van der Waals surface area contributed by atoms with E-state index in [0.717, 1.165) is 18.3 Å². The van der Waals surface area contributed by atoms with Crippen molar-refractivity contribution in [1.82, 2.24) is 14.6 Å². The highest BCUT2D eigenvalue weighted by Gasteiger charge is 2.33. The van der Waals surface area contributed by atoms with Crippen LogP contribution in [0.1, 0.15) is 16.8 Å². The average Bonchev–Trinajstić information content (AvgIpc) is 2.70. The zero-order chi connectivity index (χ0) is 14.9. The molecule has 0 aromatic carbocycles. The number of pyridine rings is 1. The number of carbonyl (C=O) groups is 2. The molecule has 1 aromatic rings. The largest absolute Gasteiger partial charge is 0.478 e. The third-order valence-corrected chi connectivity index (χ3v) is 4.37. The van der Waals surface area contributed by atoms with Gasteiger partial charge in [0, 0.05) is 19.8 Å². The highest BCUT2D eigenvalue weighted by atomic mass is 32.2. The molecule has 2 heterocycles. The molecular formula is C11H13N3O5S. The second kappa shape index (κ2) is 5.17. The number of carboxylic acid groups (broad SMARTS) is 1. The minimum Gasteiger partial charge on any atom is -0.478 e. The Kier molecular flexibility index (Phi) is 3.73. The maximum absolute atomic E-state index is 12.0. The van der Waals surface area contributed by atoms with Gasteiger partial charge in [-0.1, -0.05) is 0 Å². The Morgan fingerprint density at radius 2 is 2.20 bits per heavy atom. The predicted molar refractivity (Wildman–Crippen MR) is 67.6 cm³/mol. The Balaban J connectivity index is 2.18. The number of likely N-dealkylation sites (N-methyl/N-ethyl adjacent to an activating group) is 1. The van der Waals surface area contributed by atoms with Gasteiger partial charge in [-0.2, -0.15) is 4.72 Å². The number of aromatic nitrogens is 1. The highest BCUT2D eigenvalue weighted by Crippen LogP contribution is 2.13. The van der Waals surface area contributed by atoms with Gasteiger partial charge in [-0.05, 0) is 18.6 Å². The van der Waals surface area contributed by atoms with Gasteiger partial charge in [-0.25, -0.2) is 18.2 Å². The molecule has 0 saturated carbocycles. The molecule has 0 aliphatic carbocycles. The van der Waals surface area contributed by atoms with Crippen molar-refractivity contribution < 1.29 is 23.1 Å². The summed E-state index contributed by atoms with van der Waals surface area (Å²) in [5.41, 5.74) is -0.111. The van der Waals surface area contributed by atoms with Crippen molar-refractivity contribution >= 4 is 21.9 Å². The molecule has 1 aliphatic heterocycles. The maximum atomic E-state index is 12.0. The topological polar surface area (TPSA) is 117 Å². The minimum atomic E-state index is -3.94. The number of amides is 1. The van der Waals surface area contributed by atoms with Gasteiger partial charge < -0.3 is 10.0 Å². The Morgan fingerprint density at radius 1 is 1.50 bits per heavy atom.